The van der Waals surface area contributed by atoms with E-state index in [0.29, 0.717) is 30.1 Å². The van der Waals surface area contributed by atoms with Gasteiger partial charge in [-0.25, -0.2) is 0 Å². The third-order valence-electron chi connectivity index (χ3n) is 2.85. The Bertz CT molecular complexity index is 527. The lowest BCUT2D eigenvalue weighted by Gasteiger charge is -2.11. The van der Waals surface area contributed by atoms with Crippen LogP contribution in [0.3, 0.4) is 0 Å². The van der Waals surface area contributed by atoms with Crippen molar-refractivity contribution in [1.82, 2.24) is 0 Å². The number of aliphatic hydroxyl groups is 1. The van der Waals surface area contributed by atoms with Crippen molar-refractivity contribution in [2.45, 2.75) is 19.4 Å². The van der Waals surface area contributed by atoms with Gasteiger partial charge in [0.15, 0.2) is 0 Å². The Labute approximate surface area is 127 Å². The molecule has 0 spiro atoms. The lowest BCUT2D eigenvalue weighted by molar-refractivity contribution is -0.155. The average Bonchev–Trinajstić information content (AvgIpc) is 2.50. The van der Waals surface area contributed by atoms with Crippen LogP contribution in [0.4, 0.5) is 0 Å². The molecular weight excluding hydrogens is 292 g/mol. The van der Waals surface area contributed by atoms with E-state index in [0.717, 1.165) is 0 Å². The zero-order valence-corrected chi connectivity index (χ0v) is 12.1. The van der Waals surface area contributed by atoms with Crippen molar-refractivity contribution in [3.8, 4) is 11.5 Å². The van der Waals surface area contributed by atoms with Crippen molar-refractivity contribution in [3.05, 3.63) is 23.8 Å². The van der Waals surface area contributed by atoms with Crippen LogP contribution < -0.4 is 9.47 Å². The van der Waals surface area contributed by atoms with Gasteiger partial charge in [0.2, 0.25) is 0 Å². The number of cyclic esters (lactones) is 2. The van der Waals surface area contributed by atoms with E-state index < -0.39 is 18.4 Å². The average molecular weight is 310 g/mol. The molecule has 0 atom stereocenters. The summed E-state index contributed by atoms with van der Waals surface area (Å²) in [6.07, 6.45) is 0.0730. The van der Waals surface area contributed by atoms with E-state index in [9.17, 15) is 14.7 Å². The Hall–Kier alpha value is -2.28. The standard InChI is InChI=1S/C15H18O7/c16-10-11-6-12-8-13(7-11)20-4-5-22-15(18)9-14(17)21-3-1-2-19-12/h6-8,16H,1-5,9-10H2. The van der Waals surface area contributed by atoms with Gasteiger partial charge in [-0.15, -0.1) is 0 Å². The highest BCUT2D eigenvalue weighted by atomic mass is 16.6. The van der Waals surface area contributed by atoms with Gasteiger partial charge in [0.25, 0.3) is 0 Å². The first-order valence-corrected chi connectivity index (χ1v) is 6.99. The van der Waals surface area contributed by atoms with E-state index in [1.165, 1.54) is 0 Å². The number of hydrogen-bond donors (Lipinski definition) is 1. The van der Waals surface area contributed by atoms with E-state index in [-0.39, 0.29) is 26.4 Å². The van der Waals surface area contributed by atoms with Crippen LogP contribution in [0.1, 0.15) is 18.4 Å². The lowest BCUT2D eigenvalue weighted by atomic mass is 10.2. The highest BCUT2D eigenvalue weighted by Crippen LogP contribution is 2.23. The third-order valence-corrected chi connectivity index (χ3v) is 2.85. The molecule has 0 aromatic heterocycles. The molecule has 1 N–H and O–H groups in total. The quantitative estimate of drug-likeness (QED) is 0.606. The van der Waals surface area contributed by atoms with E-state index >= 15 is 0 Å². The minimum Gasteiger partial charge on any atom is -0.493 e. The molecule has 0 fully saturated rings. The van der Waals surface area contributed by atoms with Gasteiger partial charge in [0, 0.05) is 12.5 Å². The number of benzene rings is 1. The predicted octanol–water partition coefficient (Wildman–Crippen LogP) is 0.817. The first-order chi connectivity index (χ1) is 10.7. The van der Waals surface area contributed by atoms with Crippen molar-refractivity contribution in [3.63, 3.8) is 0 Å². The largest absolute Gasteiger partial charge is 0.493 e. The molecule has 1 heterocycles. The summed E-state index contributed by atoms with van der Waals surface area (Å²) in [6, 6.07) is 5.07. The van der Waals surface area contributed by atoms with Gasteiger partial charge in [0.05, 0.1) is 19.8 Å². The summed E-state index contributed by atoms with van der Waals surface area (Å²) in [5, 5.41) is 9.24. The SMILES string of the molecule is O=C1CC(=O)OCCOc2cc(CO)cc(c2)OCCCO1. The number of hydrogen-bond acceptors (Lipinski definition) is 7. The highest BCUT2D eigenvalue weighted by Gasteiger charge is 2.12. The normalized spacial score (nSPS) is 17.1. The smallest absolute Gasteiger partial charge is 0.317 e. The molecule has 2 bridgehead atoms. The summed E-state index contributed by atoms with van der Waals surface area (Å²) in [5.41, 5.74) is 0.653. The maximum atomic E-state index is 11.4. The van der Waals surface area contributed by atoms with E-state index in [2.05, 4.69) is 0 Å². The molecule has 1 aromatic carbocycles. The molecule has 0 saturated carbocycles. The van der Waals surface area contributed by atoms with E-state index in [4.69, 9.17) is 18.9 Å². The fraction of sp³-hybridized carbons (Fsp3) is 0.467. The molecule has 2 rings (SSSR count). The first kappa shape index (κ1) is 16.1. The number of aliphatic hydroxyl groups excluding tert-OH is 1. The highest BCUT2D eigenvalue weighted by molar-refractivity contribution is 5.91. The zero-order chi connectivity index (χ0) is 15.8. The minimum absolute atomic E-state index is 0.0195. The molecule has 0 saturated heterocycles. The van der Waals surface area contributed by atoms with Crippen molar-refractivity contribution in [1.29, 1.82) is 0 Å². The molecule has 7 nitrogen and oxygen atoms in total. The summed E-state index contributed by atoms with van der Waals surface area (Å²) in [7, 11) is 0. The van der Waals surface area contributed by atoms with E-state index in [1.807, 2.05) is 0 Å². The topological polar surface area (TPSA) is 91.3 Å². The predicted molar refractivity (Wildman–Crippen MR) is 74.5 cm³/mol. The molecule has 120 valence electrons. The minimum atomic E-state index is -0.649. The number of carbonyl (C=O) groups excluding carboxylic acids is 2. The number of fused-ring (bicyclic) bond motifs is 2. The van der Waals surface area contributed by atoms with Crippen molar-refractivity contribution in [2.24, 2.45) is 0 Å². The van der Waals surface area contributed by atoms with Crippen LogP contribution >= 0.6 is 0 Å². The van der Waals surface area contributed by atoms with Crippen LogP contribution in [0.5, 0.6) is 11.5 Å². The molecule has 1 aliphatic heterocycles. The second-order valence-electron chi connectivity index (χ2n) is 4.64. The number of rotatable bonds is 1. The van der Waals surface area contributed by atoms with Crippen LogP contribution in [0.15, 0.2) is 18.2 Å². The van der Waals surface area contributed by atoms with Crippen molar-refractivity contribution < 1.29 is 33.6 Å². The third kappa shape index (κ3) is 5.25. The summed E-state index contributed by atoms with van der Waals surface area (Å²) in [5.74, 6) is -0.201. The van der Waals surface area contributed by atoms with E-state index in [1.54, 1.807) is 18.2 Å². The molecule has 0 amide bonds. The van der Waals surface area contributed by atoms with Crippen LogP contribution in [0.25, 0.3) is 0 Å². The second kappa shape index (κ2) is 8.23. The Morgan fingerprint density at radius 3 is 2.05 bits per heavy atom. The fourth-order valence-electron chi connectivity index (χ4n) is 1.86. The summed E-state index contributed by atoms with van der Waals surface area (Å²) in [4.78, 5) is 22.7. The summed E-state index contributed by atoms with van der Waals surface area (Å²) in [6.45, 7) is 0.516. The summed E-state index contributed by atoms with van der Waals surface area (Å²) < 4.78 is 20.8. The Kier molecular flexibility index (Phi) is 6.02. The molecule has 1 aromatic rings. The Morgan fingerprint density at radius 1 is 0.818 bits per heavy atom. The van der Waals surface area contributed by atoms with Crippen molar-refractivity contribution in [2.75, 3.05) is 26.4 Å². The van der Waals surface area contributed by atoms with Crippen LogP contribution in [-0.4, -0.2) is 43.5 Å². The molecule has 0 unspecified atom stereocenters. The molecule has 0 aliphatic carbocycles. The number of carbonyl (C=O) groups is 2. The van der Waals surface area contributed by atoms with Crippen LogP contribution in [0, 0.1) is 0 Å². The summed E-state index contributed by atoms with van der Waals surface area (Å²) >= 11 is 0. The molecule has 0 radical (unpaired) electrons. The molecule has 22 heavy (non-hydrogen) atoms. The van der Waals surface area contributed by atoms with Gasteiger partial charge in [0.1, 0.15) is 31.1 Å². The molecule has 1 aliphatic rings. The van der Waals surface area contributed by atoms with Gasteiger partial charge >= 0.3 is 11.9 Å². The number of ether oxygens (including phenoxy) is 4. The van der Waals surface area contributed by atoms with Crippen molar-refractivity contribution >= 4 is 11.9 Å². The maximum Gasteiger partial charge on any atom is 0.317 e. The van der Waals surface area contributed by atoms with Gasteiger partial charge in [-0.3, -0.25) is 9.59 Å². The Balaban J connectivity index is 2.04. The Morgan fingerprint density at radius 2 is 1.36 bits per heavy atom. The molecular formula is C15H18O7. The maximum absolute atomic E-state index is 11.4. The van der Waals surface area contributed by atoms with Gasteiger partial charge < -0.3 is 24.1 Å². The monoisotopic (exact) mass is 310 g/mol. The van der Waals surface area contributed by atoms with Gasteiger partial charge in [-0.1, -0.05) is 0 Å². The zero-order valence-electron chi connectivity index (χ0n) is 12.1. The lowest BCUT2D eigenvalue weighted by Crippen LogP contribution is -2.17. The van der Waals surface area contributed by atoms with Gasteiger partial charge in [-0.05, 0) is 17.7 Å². The molecule has 7 heteroatoms. The fourth-order valence-corrected chi connectivity index (χ4v) is 1.86. The first-order valence-electron chi connectivity index (χ1n) is 6.99. The van der Waals surface area contributed by atoms with Gasteiger partial charge in [-0.2, -0.15) is 0 Å². The van der Waals surface area contributed by atoms with Crippen LogP contribution in [0.2, 0.25) is 0 Å². The second-order valence-corrected chi connectivity index (χ2v) is 4.64. The number of esters is 2. The van der Waals surface area contributed by atoms with Crippen LogP contribution in [-0.2, 0) is 25.7 Å².